The summed E-state index contributed by atoms with van der Waals surface area (Å²) < 4.78 is 6.12. The quantitative estimate of drug-likeness (QED) is 0.494. The summed E-state index contributed by atoms with van der Waals surface area (Å²) in [7, 11) is 0. The molecule has 0 spiro atoms. The maximum atomic E-state index is 12.4. The van der Waals surface area contributed by atoms with Crippen molar-refractivity contribution in [2.45, 2.75) is 90.1 Å². The molecule has 0 aromatic carbocycles. The van der Waals surface area contributed by atoms with Crippen LogP contribution in [0, 0.1) is 41.4 Å². The first-order valence-electron chi connectivity index (χ1n) is 11.4. The molecule has 3 saturated carbocycles. The van der Waals surface area contributed by atoms with Gasteiger partial charge in [0.2, 0.25) is 0 Å². The van der Waals surface area contributed by atoms with Crippen LogP contribution in [-0.4, -0.2) is 17.4 Å². The second kappa shape index (κ2) is 7.36. The Morgan fingerprint density at radius 1 is 1.18 bits per heavy atom. The summed E-state index contributed by atoms with van der Waals surface area (Å²) in [6.07, 6.45) is 18.3. The van der Waals surface area contributed by atoms with Crippen molar-refractivity contribution in [3.05, 3.63) is 11.6 Å². The molecule has 0 aromatic rings. The third-order valence-corrected chi connectivity index (χ3v) is 8.73. The maximum Gasteiger partial charge on any atom is 0.307 e. The average Bonchev–Trinajstić information content (AvgIpc) is 3.02. The summed E-state index contributed by atoms with van der Waals surface area (Å²) in [5.41, 5.74) is 0.623. The van der Waals surface area contributed by atoms with E-state index in [0.717, 1.165) is 57.8 Å². The van der Waals surface area contributed by atoms with E-state index in [4.69, 9.17) is 11.2 Å². The molecule has 3 heteroatoms. The van der Waals surface area contributed by atoms with E-state index in [-0.39, 0.29) is 11.4 Å². The summed E-state index contributed by atoms with van der Waals surface area (Å²) in [4.78, 5) is 24.3. The lowest BCUT2D eigenvalue weighted by molar-refractivity contribution is -0.173. The zero-order chi connectivity index (χ0) is 19.9. The fourth-order valence-electron chi connectivity index (χ4n) is 7.57. The van der Waals surface area contributed by atoms with Gasteiger partial charge in [-0.25, -0.2) is 0 Å². The molecule has 152 valence electrons. The number of carbonyl (C=O) groups is 2. The van der Waals surface area contributed by atoms with Crippen LogP contribution in [0.25, 0.3) is 0 Å². The van der Waals surface area contributed by atoms with Crippen molar-refractivity contribution in [3.63, 3.8) is 0 Å². The van der Waals surface area contributed by atoms with E-state index >= 15 is 0 Å². The third-order valence-electron chi connectivity index (χ3n) is 8.73. The molecule has 0 amide bonds. The van der Waals surface area contributed by atoms with Gasteiger partial charge in [0.1, 0.15) is 0 Å². The molecule has 0 saturated heterocycles. The highest BCUT2D eigenvalue weighted by Gasteiger charge is 2.65. The Labute approximate surface area is 169 Å². The van der Waals surface area contributed by atoms with Gasteiger partial charge in [0.15, 0.2) is 11.4 Å². The van der Waals surface area contributed by atoms with Crippen molar-refractivity contribution in [2.75, 3.05) is 0 Å². The second-order valence-corrected chi connectivity index (χ2v) is 9.59. The predicted octanol–water partition coefficient (Wildman–Crippen LogP) is 5.23. The number of hydrogen-bond donors (Lipinski definition) is 0. The molecule has 0 heterocycles. The van der Waals surface area contributed by atoms with Crippen LogP contribution in [0.1, 0.15) is 84.5 Å². The van der Waals surface area contributed by atoms with Crippen LogP contribution >= 0.6 is 0 Å². The van der Waals surface area contributed by atoms with Gasteiger partial charge in [-0.05, 0) is 87.5 Å². The minimum atomic E-state index is -0.720. The normalized spacial score (nSPS) is 41.9. The summed E-state index contributed by atoms with van der Waals surface area (Å²) in [6, 6.07) is 0. The number of terminal acetylenes is 1. The topological polar surface area (TPSA) is 43.4 Å². The Hall–Kier alpha value is -1.56. The minimum absolute atomic E-state index is 0.0714. The lowest BCUT2D eigenvalue weighted by Crippen LogP contribution is -2.55. The molecular weight excluding hydrogens is 348 g/mol. The van der Waals surface area contributed by atoms with Gasteiger partial charge in [0.25, 0.3) is 0 Å². The Kier molecular flexibility index (Phi) is 5.19. The van der Waals surface area contributed by atoms with Gasteiger partial charge in [-0.3, -0.25) is 9.59 Å². The molecule has 4 aliphatic rings. The van der Waals surface area contributed by atoms with Gasteiger partial charge in [-0.2, -0.15) is 0 Å². The Balaban J connectivity index is 1.63. The van der Waals surface area contributed by atoms with E-state index in [2.05, 4.69) is 12.8 Å². The number of ketones is 1. The first-order valence-corrected chi connectivity index (χ1v) is 11.4. The molecule has 4 aliphatic carbocycles. The van der Waals surface area contributed by atoms with Crippen molar-refractivity contribution in [3.8, 4) is 12.3 Å². The fraction of sp³-hybridized carbons (Fsp3) is 0.760. The summed E-state index contributed by atoms with van der Waals surface area (Å²) in [5, 5.41) is 0. The van der Waals surface area contributed by atoms with Gasteiger partial charge in [0, 0.05) is 18.3 Å². The largest absolute Gasteiger partial charge is 0.445 e. The highest BCUT2D eigenvalue weighted by atomic mass is 16.6. The summed E-state index contributed by atoms with van der Waals surface area (Å²) >= 11 is 0. The summed E-state index contributed by atoms with van der Waals surface area (Å²) in [5.74, 6) is 5.68. The van der Waals surface area contributed by atoms with Gasteiger partial charge in [-0.1, -0.05) is 25.3 Å². The molecule has 0 radical (unpaired) electrons. The molecule has 4 rings (SSSR count). The number of ether oxygens (including phenoxy) is 1. The number of carbonyl (C=O) groups excluding carboxylic acids is 2. The molecular formula is C25H34O3. The zero-order valence-electron chi connectivity index (χ0n) is 17.5. The molecule has 0 N–H and O–H groups in total. The molecule has 3 nitrogen and oxygen atoms in total. The second-order valence-electron chi connectivity index (χ2n) is 9.59. The van der Waals surface area contributed by atoms with Crippen molar-refractivity contribution < 1.29 is 14.3 Å². The van der Waals surface area contributed by atoms with Crippen molar-refractivity contribution in [1.82, 2.24) is 0 Å². The average molecular weight is 383 g/mol. The highest BCUT2D eigenvalue weighted by molar-refractivity contribution is 5.91. The zero-order valence-corrected chi connectivity index (χ0v) is 17.5. The predicted molar refractivity (Wildman–Crippen MR) is 109 cm³/mol. The van der Waals surface area contributed by atoms with E-state index < -0.39 is 5.60 Å². The van der Waals surface area contributed by atoms with Crippen molar-refractivity contribution in [2.24, 2.45) is 29.1 Å². The molecule has 3 fully saturated rings. The lowest BCUT2D eigenvalue weighted by Gasteiger charge is -2.56. The van der Waals surface area contributed by atoms with Gasteiger partial charge in [-0.15, -0.1) is 6.42 Å². The first kappa shape index (κ1) is 19.7. The Morgan fingerprint density at radius 3 is 2.71 bits per heavy atom. The van der Waals surface area contributed by atoms with Crippen LogP contribution in [-0.2, 0) is 14.3 Å². The number of esters is 1. The third kappa shape index (κ3) is 2.78. The highest BCUT2D eigenvalue weighted by Crippen LogP contribution is 2.67. The molecule has 28 heavy (non-hydrogen) atoms. The van der Waals surface area contributed by atoms with Crippen LogP contribution in [0.3, 0.4) is 0 Å². The smallest absolute Gasteiger partial charge is 0.307 e. The van der Waals surface area contributed by atoms with E-state index in [0.29, 0.717) is 42.3 Å². The fourth-order valence-corrected chi connectivity index (χ4v) is 7.57. The monoisotopic (exact) mass is 382 g/mol. The van der Waals surface area contributed by atoms with Crippen LogP contribution in [0.15, 0.2) is 11.6 Å². The maximum absolute atomic E-state index is 12.4. The number of hydrogen-bond acceptors (Lipinski definition) is 3. The molecule has 6 atom stereocenters. The lowest BCUT2D eigenvalue weighted by atomic mass is 9.49. The van der Waals surface area contributed by atoms with Crippen LogP contribution < -0.4 is 0 Å². The van der Waals surface area contributed by atoms with Gasteiger partial charge in [0.05, 0.1) is 0 Å². The SMILES string of the molecule is C#C[C@]1(OC(=O)CCC)CCC2C3CCC4=CC(=O)CCC4C3CC[C@@]21CC. The first-order chi connectivity index (χ1) is 13.5. The molecule has 4 unspecified atom stereocenters. The van der Waals surface area contributed by atoms with Crippen LogP contribution in [0.2, 0.25) is 0 Å². The number of fused-ring (bicyclic) bond motifs is 5. The molecule has 0 bridgehead atoms. The Morgan fingerprint density at radius 2 is 2.00 bits per heavy atom. The van der Waals surface area contributed by atoms with Crippen molar-refractivity contribution >= 4 is 11.8 Å². The van der Waals surface area contributed by atoms with E-state index in [1.54, 1.807) is 0 Å². The van der Waals surface area contributed by atoms with E-state index in [9.17, 15) is 9.59 Å². The van der Waals surface area contributed by atoms with Crippen molar-refractivity contribution in [1.29, 1.82) is 0 Å². The standard InChI is InChI=1S/C25H34O3/c1-4-7-23(27)28-25(6-3)15-13-22-21-10-8-17-16-18(26)9-11-19(17)20(21)12-14-24(22,25)5-2/h3,16,19-22H,4-5,7-15H2,1-2H3/t19?,20?,21?,22?,24-,25-/m0/s1. The molecule has 0 aromatic heterocycles. The Bertz CT molecular complexity index is 729. The van der Waals surface area contributed by atoms with Gasteiger partial charge < -0.3 is 4.74 Å². The van der Waals surface area contributed by atoms with E-state index in [1.165, 1.54) is 5.57 Å². The minimum Gasteiger partial charge on any atom is -0.445 e. The number of allylic oxidation sites excluding steroid dienone is 1. The van der Waals surface area contributed by atoms with Crippen LogP contribution in [0.5, 0.6) is 0 Å². The van der Waals surface area contributed by atoms with Gasteiger partial charge >= 0.3 is 5.97 Å². The summed E-state index contributed by atoms with van der Waals surface area (Å²) in [6.45, 7) is 4.25. The van der Waals surface area contributed by atoms with Crippen LogP contribution in [0.4, 0.5) is 0 Å². The molecule has 0 aliphatic heterocycles. The number of rotatable bonds is 4. The van der Waals surface area contributed by atoms with E-state index in [1.807, 2.05) is 13.0 Å².